The van der Waals surface area contributed by atoms with Gasteiger partial charge >= 0.3 is 0 Å². The summed E-state index contributed by atoms with van der Waals surface area (Å²) in [5.74, 6) is 0. The molecule has 0 aliphatic heterocycles. The number of halogens is 1. The SMILES string of the molecule is Cc1nn(-c2ccc(Br)cc2)c2c1CCC2. The van der Waals surface area contributed by atoms with Crippen molar-refractivity contribution in [1.29, 1.82) is 0 Å². The van der Waals surface area contributed by atoms with Gasteiger partial charge in [-0.2, -0.15) is 5.10 Å². The Morgan fingerprint density at radius 3 is 2.69 bits per heavy atom. The van der Waals surface area contributed by atoms with Crippen LogP contribution in [-0.2, 0) is 12.8 Å². The quantitative estimate of drug-likeness (QED) is 0.780. The van der Waals surface area contributed by atoms with E-state index in [4.69, 9.17) is 0 Å². The van der Waals surface area contributed by atoms with E-state index < -0.39 is 0 Å². The molecule has 0 saturated heterocycles. The first-order valence-electron chi connectivity index (χ1n) is 5.59. The maximum Gasteiger partial charge on any atom is 0.0649 e. The monoisotopic (exact) mass is 276 g/mol. The predicted octanol–water partition coefficient (Wildman–Crippen LogP) is 3.43. The van der Waals surface area contributed by atoms with Crippen LogP contribution in [0.5, 0.6) is 0 Å². The first-order valence-corrected chi connectivity index (χ1v) is 6.38. The van der Waals surface area contributed by atoms with Gasteiger partial charge in [-0.3, -0.25) is 0 Å². The van der Waals surface area contributed by atoms with Crippen LogP contribution in [0, 0.1) is 6.92 Å². The first-order chi connectivity index (χ1) is 7.75. The normalized spacial score (nSPS) is 14.1. The van der Waals surface area contributed by atoms with Gasteiger partial charge in [0.05, 0.1) is 11.4 Å². The van der Waals surface area contributed by atoms with Gasteiger partial charge in [0, 0.05) is 10.2 Å². The lowest BCUT2D eigenvalue weighted by Crippen LogP contribution is -2.00. The predicted molar refractivity (Wildman–Crippen MR) is 68.0 cm³/mol. The summed E-state index contributed by atoms with van der Waals surface area (Å²) >= 11 is 3.46. The van der Waals surface area contributed by atoms with Crippen LogP contribution in [-0.4, -0.2) is 9.78 Å². The van der Waals surface area contributed by atoms with Crippen LogP contribution >= 0.6 is 15.9 Å². The third kappa shape index (κ3) is 1.50. The van der Waals surface area contributed by atoms with E-state index in [1.807, 2.05) is 0 Å². The summed E-state index contributed by atoms with van der Waals surface area (Å²) in [5.41, 5.74) is 5.22. The summed E-state index contributed by atoms with van der Waals surface area (Å²) in [5, 5.41) is 4.63. The fraction of sp³-hybridized carbons (Fsp3) is 0.308. The topological polar surface area (TPSA) is 17.8 Å². The van der Waals surface area contributed by atoms with E-state index >= 15 is 0 Å². The Hall–Kier alpha value is -1.09. The van der Waals surface area contributed by atoms with Crippen molar-refractivity contribution in [2.24, 2.45) is 0 Å². The van der Waals surface area contributed by atoms with Gasteiger partial charge in [-0.05, 0) is 56.0 Å². The van der Waals surface area contributed by atoms with Crippen LogP contribution in [0.3, 0.4) is 0 Å². The summed E-state index contributed by atoms with van der Waals surface area (Å²) in [7, 11) is 0. The number of rotatable bonds is 1. The Morgan fingerprint density at radius 1 is 1.19 bits per heavy atom. The second kappa shape index (κ2) is 3.74. The number of benzene rings is 1. The number of aromatic nitrogens is 2. The second-order valence-electron chi connectivity index (χ2n) is 4.25. The highest BCUT2D eigenvalue weighted by atomic mass is 79.9. The molecule has 0 fully saturated rings. The second-order valence-corrected chi connectivity index (χ2v) is 5.17. The van der Waals surface area contributed by atoms with Gasteiger partial charge in [0.2, 0.25) is 0 Å². The molecule has 0 N–H and O–H groups in total. The van der Waals surface area contributed by atoms with Crippen LogP contribution in [0.25, 0.3) is 5.69 Å². The highest BCUT2D eigenvalue weighted by molar-refractivity contribution is 9.10. The molecule has 1 aliphatic carbocycles. The number of hydrogen-bond acceptors (Lipinski definition) is 1. The van der Waals surface area contributed by atoms with E-state index in [2.05, 4.69) is 56.9 Å². The van der Waals surface area contributed by atoms with E-state index in [-0.39, 0.29) is 0 Å². The summed E-state index contributed by atoms with van der Waals surface area (Å²) in [6.45, 7) is 2.11. The highest BCUT2D eigenvalue weighted by Crippen LogP contribution is 2.27. The highest BCUT2D eigenvalue weighted by Gasteiger charge is 2.20. The maximum atomic E-state index is 4.63. The van der Waals surface area contributed by atoms with Crippen molar-refractivity contribution in [3.8, 4) is 5.69 Å². The summed E-state index contributed by atoms with van der Waals surface area (Å²) < 4.78 is 3.21. The lowest BCUT2D eigenvalue weighted by molar-refractivity contribution is 0.773. The minimum Gasteiger partial charge on any atom is -0.237 e. The molecule has 0 radical (unpaired) electrons. The number of nitrogens with zero attached hydrogens (tertiary/aromatic N) is 2. The molecular weight excluding hydrogens is 264 g/mol. The first kappa shape index (κ1) is 10.1. The van der Waals surface area contributed by atoms with Gasteiger partial charge in [0.15, 0.2) is 0 Å². The molecule has 82 valence electrons. The molecule has 3 heteroatoms. The fourth-order valence-electron chi connectivity index (χ4n) is 2.42. The van der Waals surface area contributed by atoms with Crippen LogP contribution in [0.15, 0.2) is 28.7 Å². The van der Waals surface area contributed by atoms with E-state index in [1.54, 1.807) is 0 Å². The van der Waals surface area contributed by atoms with Crippen molar-refractivity contribution < 1.29 is 0 Å². The van der Waals surface area contributed by atoms with Crippen molar-refractivity contribution in [3.63, 3.8) is 0 Å². The molecule has 0 bridgehead atoms. The van der Waals surface area contributed by atoms with Gasteiger partial charge in [0.25, 0.3) is 0 Å². The Labute approximate surface area is 103 Å². The zero-order valence-corrected chi connectivity index (χ0v) is 10.8. The fourth-order valence-corrected chi connectivity index (χ4v) is 2.68. The van der Waals surface area contributed by atoms with Crippen molar-refractivity contribution >= 4 is 15.9 Å². The molecule has 1 heterocycles. The minimum absolute atomic E-state index is 1.11. The van der Waals surface area contributed by atoms with Gasteiger partial charge in [-0.15, -0.1) is 0 Å². The third-order valence-corrected chi connectivity index (χ3v) is 3.73. The average molecular weight is 277 g/mol. The number of hydrogen-bond donors (Lipinski definition) is 0. The molecule has 0 unspecified atom stereocenters. The molecule has 3 rings (SSSR count). The lowest BCUT2D eigenvalue weighted by atomic mass is 10.2. The maximum absolute atomic E-state index is 4.63. The van der Waals surface area contributed by atoms with Gasteiger partial charge in [-0.1, -0.05) is 15.9 Å². The summed E-state index contributed by atoms with van der Waals surface area (Å²) in [6, 6.07) is 8.34. The lowest BCUT2D eigenvalue weighted by Gasteiger charge is -2.05. The van der Waals surface area contributed by atoms with Gasteiger partial charge < -0.3 is 0 Å². The molecule has 2 aromatic rings. The molecule has 0 amide bonds. The van der Waals surface area contributed by atoms with E-state index in [0.717, 1.165) is 16.6 Å². The Morgan fingerprint density at radius 2 is 1.94 bits per heavy atom. The summed E-state index contributed by atoms with van der Waals surface area (Å²) in [6.07, 6.45) is 3.62. The summed E-state index contributed by atoms with van der Waals surface area (Å²) in [4.78, 5) is 0. The standard InChI is InChI=1S/C13H13BrN2/c1-9-12-3-2-4-13(12)16(15-9)11-7-5-10(14)6-8-11/h5-8H,2-4H2,1H3. The largest absolute Gasteiger partial charge is 0.237 e. The molecule has 0 atom stereocenters. The molecule has 1 aromatic heterocycles. The Kier molecular flexibility index (Phi) is 2.36. The van der Waals surface area contributed by atoms with E-state index in [0.29, 0.717) is 0 Å². The number of aryl methyl sites for hydroxylation is 1. The van der Waals surface area contributed by atoms with Crippen molar-refractivity contribution in [2.75, 3.05) is 0 Å². The Balaban J connectivity index is 2.13. The molecule has 16 heavy (non-hydrogen) atoms. The van der Waals surface area contributed by atoms with E-state index in [9.17, 15) is 0 Å². The molecule has 2 nitrogen and oxygen atoms in total. The van der Waals surface area contributed by atoms with Crippen LogP contribution in [0.2, 0.25) is 0 Å². The van der Waals surface area contributed by atoms with Crippen molar-refractivity contribution in [1.82, 2.24) is 9.78 Å². The van der Waals surface area contributed by atoms with Gasteiger partial charge in [0.1, 0.15) is 0 Å². The van der Waals surface area contributed by atoms with E-state index in [1.165, 1.54) is 29.8 Å². The third-order valence-electron chi connectivity index (χ3n) is 3.20. The van der Waals surface area contributed by atoms with Crippen LogP contribution in [0.1, 0.15) is 23.4 Å². The number of fused-ring (bicyclic) bond motifs is 1. The molecule has 0 saturated carbocycles. The molecule has 0 spiro atoms. The minimum atomic E-state index is 1.11. The molecule has 1 aliphatic rings. The van der Waals surface area contributed by atoms with Crippen LogP contribution < -0.4 is 0 Å². The van der Waals surface area contributed by atoms with Crippen molar-refractivity contribution in [2.45, 2.75) is 26.2 Å². The van der Waals surface area contributed by atoms with Crippen LogP contribution in [0.4, 0.5) is 0 Å². The van der Waals surface area contributed by atoms with Crippen molar-refractivity contribution in [3.05, 3.63) is 45.7 Å². The zero-order chi connectivity index (χ0) is 11.1. The molecule has 1 aromatic carbocycles. The Bertz CT molecular complexity index is 526. The molecular formula is C13H13BrN2. The smallest absolute Gasteiger partial charge is 0.0649 e. The zero-order valence-electron chi connectivity index (χ0n) is 9.20. The average Bonchev–Trinajstić information content (AvgIpc) is 2.84. The van der Waals surface area contributed by atoms with Gasteiger partial charge in [-0.25, -0.2) is 4.68 Å².